The summed E-state index contributed by atoms with van der Waals surface area (Å²) in [5, 5.41) is 0. The molecule has 0 amide bonds. The number of nitrogens with zero attached hydrogens (tertiary/aromatic N) is 2. The van der Waals surface area contributed by atoms with Gasteiger partial charge in [0.2, 0.25) is 0 Å². The molecule has 0 saturated carbocycles. The number of aromatic nitrogens is 1. The molecule has 3 heteroatoms. The first-order valence-corrected chi connectivity index (χ1v) is 6.73. The minimum Gasteiger partial charge on any atom is -0.356 e. The second-order valence-electron chi connectivity index (χ2n) is 5.09. The Morgan fingerprint density at radius 1 is 1.25 bits per heavy atom. The second kappa shape index (κ2) is 4.74. The topological polar surface area (TPSA) is 16.1 Å². The average Bonchev–Trinajstić information content (AvgIpc) is 2.20. The summed E-state index contributed by atoms with van der Waals surface area (Å²) in [5.41, 5.74) is 1.07. The molecule has 2 unspecified atom stereocenters. The van der Waals surface area contributed by atoms with E-state index in [9.17, 15) is 0 Å². The van der Waals surface area contributed by atoms with Gasteiger partial charge in [-0.05, 0) is 53.2 Å². The van der Waals surface area contributed by atoms with E-state index in [0.29, 0.717) is 0 Å². The van der Waals surface area contributed by atoms with Crippen LogP contribution >= 0.6 is 15.9 Å². The van der Waals surface area contributed by atoms with Crippen molar-refractivity contribution in [2.75, 3.05) is 18.0 Å². The quantitative estimate of drug-likeness (QED) is 0.782. The monoisotopic (exact) mass is 282 g/mol. The number of halogens is 1. The fraction of sp³-hybridized carbons (Fsp3) is 0.615. The van der Waals surface area contributed by atoms with Crippen molar-refractivity contribution in [1.29, 1.82) is 0 Å². The van der Waals surface area contributed by atoms with Crippen LogP contribution in [-0.4, -0.2) is 18.1 Å². The van der Waals surface area contributed by atoms with Gasteiger partial charge in [0.25, 0.3) is 0 Å². The first-order valence-electron chi connectivity index (χ1n) is 5.94. The molecular weight excluding hydrogens is 264 g/mol. The minimum absolute atomic E-state index is 0.773. The molecule has 0 spiro atoms. The summed E-state index contributed by atoms with van der Waals surface area (Å²) in [6, 6.07) is 4.21. The van der Waals surface area contributed by atoms with Crippen LogP contribution < -0.4 is 4.90 Å². The molecule has 2 heterocycles. The third-order valence-corrected chi connectivity index (χ3v) is 4.04. The Kier molecular flexibility index (Phi) is 3.53. The Balaban J connectivity index is 2.19. The molecule has 1 saturated heterocycles. The molecule has 0 radical (unpaired) electrons. The van der Waals surface area contributed by atoms with E-state index in [1.54, 1.807) is 0 Å². The van der Waals surface area contributed by atoms with E-state index in [4.69, 9.17) is 0 Å². The van der Waals surface area contributed by atoms with Gasteiger partial charge in [0.05, 0.1) is 5.69 Å². The highest BCUT2D eigenvalue weighted by atomic mass is 79.9. The van der Waals surface area contributed by atoms with Gasteiger partial charge in [-0.15, -0.1) is 0 Å². The highest BCUT2D eigenvalue weighted by molar-refractivity contribution is 9.10. The van der Waals surface area contributed by atoms with Gasteiger partial charge in [0, 0.05) is 17.6 Å². The summed E-state index contributed by atoms with van der Waals surface area (Å²) < 4.78 is 1.09. The van der Waals surface area contributed by atoms with Gasteiger partial charge < -0.3 is 4.90 Å². The van der Waals surface area contributed by atoms with Crippen LogP contribution in [0.5, 0.6) is 0 Å². The lowest BCUT2D eigenvalue weighted by Crippen LogP contribution is -2.39. The Labute approximate surface area is 106 Å². The van der Waals surface area contributed by atoms with E-state index in [1.807, 2.05) is 6.92 Å². The number of aryl methyl sites for hydroxylation is 1. The standard InChI is InChI=1S/C13H19BrN2/c1-9-6-10(2)8-16(7-9)13-5-4-12(14)11(3)15-13/h4-5,9-10H,6-8H2,1-3H3. The van der Waals surface area contributed by atoms with Gasteiger partial charge in [-0.2, -0.15) is 0 Å². The summed E-state index contributed by atoms with van der Waals surface area (Å²) in [5.74, 6) is 2.67. The van der Waals surface area contributed by atoms with Crippen molar-refractivity contribution in [1.82, 2.24) is 4.98 Å². The molecule has 0 N–H and O–H groups in total. The number of anilines is 1. The lowest BCUT2D eigenvalue weighted by molar-refractivity contribution is 0.355. The van der Waals surface area contributed by atoms with E-state index in [-0.39, 0.29) is 0 Å². The lowest BCUT2D eigenvalue weighted by atomic mass is 9.92. The van der Waals surface area contributed by atoms with E-state index in [1.165, 1.54) is 6.42 Å². The number of hydrogen-bond donors (Lipinski definition) is 0. The van der Waals surface area contributed by atoms with Gasteiger partial charge in [-0.1, -0.05) is 13.8 Å². The number of pyridine rings is 1. The van der Waals surface area contributed by atoms with Crippen LogP contribution in [0.1, 0.15) is 26.0 Å². The second-order valence-corrected chi connectivity index (χ2v) is 5.94. The van der Waals surface area contributed by atoms with Crippen LogP contribution in [0.2, 0.25) is 0 Å². The molecular formula is C13H19BrN2. The largest absolute Gasteiger partial charge is 0.356 e. The Bertz CT molecular complexity index is 368. The predicted molar refractivity (Wildman–Crippen MR) is 71.8 cm³/mol. The SMILES string of the molecule is Cc1nc(N2CC(C)CC(C)C2)ccc1Br. The van der Waals surface area contributed by atoms with Crippen molar-refractivity contribution in [3.8, 4) is 0 Å². The Morgan fingerprint density at radius 3 is 2.44 bits per heavy atom. The first-order chi connectivity index (χ1) is 7.56. The van der Waals surface area contributed by atoms with E-state index in [2.05, 4.69) is 51.8 Å². The average molecular weight is 283 g/mol. The summed E-state index contributed by atoms with van der Waals surface area (Å²) in [6.07, 6.45) is 1.34. The van der Waals surface area contributed by atoms with E-state index >= 15 is 0 Å². The van der Waals surface area contributed by atoms with Crippen LogP contribution in [0.4, 0.5) is 5.82 Å². The van der Waals surface area contributed by atoms with E-state index in [0.717, 1.165) is 40.9 Å². The van der Waals surface area contributed by atoms with Crippen LogP contribution in [0, 0.1) is 18.8 Å². The molecule has 2 atom stereocenters. The lowest BCUT2D eigenvalue weighted by Gasteiger charge is -2.36. The fourth-order valence-corrected chi connectivity index (χ4v) is 2.78. The van der Waals surface area contributed by atoms with Gasteiger partial charge in [-0.25, -0.2) is 4.98 Å². The van der Waals surface area contributed by atoms with Gasteiger partial charge in [0.1, 0.15) is 5.82 Å². The normalized spacial score (nSPS) is 25.9. The minimum atomic E-state index is 0.773. The smallest absolute Gasteiger partial charge is 0.128 e. The number of piperidine rings is 1. The molecule has 1 aliphatic heterocycles. The highest BCUT2D eigenvalue weighted by Gasteiger charge is 2.22. The van der Waals surface area contributed by atoms with Crippen LogP contribution in [0.3, 0.4) is 0 Å². The van der Waals surface area contributed by atoms with Crippen LogP contribution in [0.15, 0.2) is 16.6 Å². The molecule has 2 rings (SSSR count). The van der Waals surface area contributed by atoms with Gasteiger partial charge >= 0.3 is 0 Å². The van der Waals surface area contributed by atoms with E-state index < -0.39 is 0 Å². The zero-order valence-electron chi connectivity index (χ0n) is 10.2. The molecule has 1 fully saturated rings. The van der Waals surface area contributed by atoms with Gasteiger partial charge in [0.15, 0.2) is 0 Å². The zero-order valence-corrected chi connectivity index (χ0v) is 11.8. The summed E-state index contributed by atoms with van der Waals surface area (Å²) in [6.45, 7) is 8.98. The summed E-state index contributed by atoms with van der Waals surface area (Å²) >= 11 is 3.50. The highest BCUT2D eigenvalue weighted by Crippen LogP contribution is 2.26. The molecule has 88 valence electrons. The molecule has 16 heavy (non-hydrogen) atoms. The Morgan fingerprint density at radius 2 is 1.88 bits per heavy atom. The fourth-order valence-electron chi connectivity index (χ4n) is 2.56. The zero-order chi connectivity index (χ0) is 11.7. The number of rotatable bonds is 1. The third kappa shape index (κ3) is 2.57. The van der Waals surface area contributed by atoms with Crippen molar-refractivity contribution in [3.05, 3.63) is 22.3 Å². The maximum atomic E-state index is 4.64. The molecule has 2 nitrogen and oxygen atoms in total. The molecule has 1 aromatic rings. The van der Waals surface area contributed by atoms with Gasteiger partial charge in [-0.3, -0.25) is 0 Å². The first kappa shape index (κ1) is 11.9. The Hall–Kier alpha value is -0.570. The van der Waals surface area contributed by atoms with Crippen molar-refractivity contribution in [2.24, 2.45) is 11.8 Å². The summed E-state index contributed by atoms with van der Waals surface area (Å²) in [7, 11) is 0. The molecule has 0 bridgehead atoms. The van der Waals surface area contributed by atoms with Crippen LogP contribution in [0.25, 0.3) is 0 Å². The maximum absolute atomic E-state index is 4.64. The molecule has 1 aliphatic rings. The molecule has 0 aliphatic carbocycles. The molecule has 0 aromatic carbocycles. The maximum Gasteiger partial charge on any atom is 0.128 e. The van der Waals surface area contributed by atoms with Crippen molar-refractivity contribution < 1.29 is 0 Å². The molecule has 1 aromatic heterocycles. The summed E-state index contributed by atoms with van der Waals surface area (Å²) in [4.78, 5) is 7.06. The van der Waals surface area contributed by atoms with Crippen molar-refractivity contribution in [3.63, 3.8) is 0 Å². The predicted octanol–water partition coefficient (Wildman–Crippen LogP) is 3.63. The van der Waals surface area contributed by atoms with Crippen molar-refractivity contribution in [2.45, 2.75) is 27.2 Å². The van der Waals surface area contributed by atoms with Crippen LogP contribution in [-0.2, 0) is 0 Å². The number of hydrogen-bond acceptors (Lipinski definition) is 2. The van der Waals surface area contributed by atoms with Crippen molar-refractivity contribution >= 4 is 21.7 Å². The third-order valence-electron chi connectivity index (χ3n) is 3.20.